The molecule has 1 aliphatic heterocycles. The molecule has 0 atom stereocenters. The monoisotopic (exact) mass is 267 g/mol. The fourth-order valence-corrected chi connectivity index (χ4v) is 3.24. The first kappa shape index (κ1) is 12.8. The van der Waals surface area contributed by atoms with Gasteiger partial charge in [0.1, 0.15) is 4.75 Å². The molecule has 0 fully saturated rings. The van der Waals surface area contributed by atoms with E-state index in [1.165, 1.54) is 39.0 Å². The van der Waals surface area contributed by atoms with Crippen molar-refractivity contribution in [3.63, 3.8) is 0 Å². The number of hydrogen-bond donors (Lipinski definition) is 1. The Hall–Kier alpha value is -1.69. The number of carbonyl (C=O) groups is 2. The summed E-state index contributed by atoms with van der Waals surface area (Å²) >= 11 is 0. The first-order valence-electron chi connectivity index (χ1n) is 5.39. The Morgan fingerprint density at radius 2 is 1.89 bits per heavy atom. The van der Waals surface area contributed by atoms with Crippen molar-refractivity contribution in [1.82, 2.24) is 0 Å². The molecule has 0 saturated heterocycles. The van der Waals surface area contributed by atoms with E-state index >= 15 is 0 Å². The zero-order valence-corrected chi connectivity index (χ0v) is 11.1. The Balaban J connectivity index is 2.72. The van der Waals surface area contributed by atoms with Gasteiger partial charge < -0.3 is 5.32 Å². The zero-order chi connectivity index (χ0) is 13.7. The molecule has 1 amide bonds. The van der Waals surface area contributed by atoms with Crippen molar-refractivity contribution in [2.75, 3.05) is 5.32 Å². The van der Waals surface area contributed by atoms with Gasteiger partial charge in [-0.3, -0.25) is 9.59 Å². The number of benzene rings is 1. The van der Waals surface area contributed by atoms with Gasteiger partial charge in [0, 0.05) is 5.56 Å². The lowest BCUT2D eigenvalue weighted by atomic mass is 10.1. The molecule has 5 nitrogen and oxygen atoms in total. The maximum absolute atomic E-state index is 12.3. The molecule has 0 unspecified atom stereocenters. The SMILES string of the molecule is CC(=O)c1ccc2c(c1)NC(=O)C(C)(C)S2(=O)=O. The Morgan fingerprint density at radius 1 is 1.28 bits per heavy atom. The van der Waals surface area contributed by atoms with E-state index in [1.54, 1.807) is 0 Å². The van der Waals surface area contributed by atoms with E-state index in [4.69, 9.17) is 0 Å². The largest absolute Gasteiger partial charge is 0.324 e. The summed E-state index contributed by atoms with van der Waals surface area (Å²) in [5.41, 5.74) is 0.538. The van der Waals surface area contributed by atoms with E-state index in [0.717, 1.165) is 0 Å². The Bertz CT molecular complexity index is 659. The van der Waals surface area contributed by atoms with E-state index < -0.39 is 20.5 Å². The molecular formula is C12H13NO4S. The topological polar surface area (TPSA) is 80.3 Å². The fraction of sp³-hybridized carbons (Fsp3) is 0.333. The maximum Gasteiger partial charge on any atom is 0.245 e. The summed E-state index contributed by atoms with van der Waals surface area (Å²) in [6.45, 7) is 4.10. The molecule has 0 spiro atoms. The Kier molecular flexibility index (Phi) is 2.59. The molecule has 1 heterocycles. The summed E-state index contributed by atoms with van der Waals surface area (Å²) < 4.78 is 23.0. The first-order valence-corrected chi connectivity index (χ1v) is 6.87. The second-order valence-corrected chi connectivity index (χ2v) is 7.20. The highest BCUT2D eigenvalue weighted by atomic mass is 32.2. The molecule has 1 aromatic rings. The van der Waals surface area contributed by atoms with Crippen LogP contribution in [0.5, 0.6) is 0 Å². The van der Waals surface area contributed by atoms with Crippen LogP contribution < -0.4 is 5.32 Å². The number of carbonyl (C=O) groups excluding carboxylic acids is 2. The number of rotatable bonds is 1. The second kappa shape index (κ2) is 3.65. The first-order chi connectivity index (χ1) is 8.18. The van der Waals surface area contributed by atoms with Gasteiger partial charge in [0.05, 0.1) is 10.6 Å². The predicted molar refractivity (Wildman–Crippen MR) is 66.3 cm³/mol. The van der Waals surface area contributed by atoms with Gasteiger partial charge in [-0.05, 0) is 39.0 Å². The highest BCUT2D eigenvalue weighted by molar-refractivity contribution is 7.94. The lowest BCUT2D eigenvalue weighted by molar-refractivity contribution is -0.118. The summed E-state index contributed by atoms with van der Waals surface area (Å²) in [6, 6.07) is 4.21. The predicted octanol–water partition coefficient (Wildman–Crippen LogP) is 1.39. The number of ketones is 1. The average molecular weight is 267 g/mol. The Labute approximate surface area is 105 Å². The van der Waals surface area contributed by atoms with Gasteiger partial charge in [-0.1, -0.05) is 0 Å². The quantitative estimate of drug-likeness (QED) is 0.780. The van der Waals surface area contributed by atoms with Gasteiger partial charge in [-0.2, -0.15) is 0 Å². The molecular weight excluding hydrogens is 254 g/mol. The summed E-state index contributed by atoms with van der Waals surface area (Å²) in [7, 11) is -3.74. The number of fused-ring (bicyclic) bond motifs is 1. The van der Waals surface area contributed by atoms with Crippen LogP contribution in [-0.2, 0) is 14.6 Å². The average Bonchev–Trinajstić information content (AvgIpc) is 2.26. The van der Waals surface area contributed by atoms with Crippen molar-refractivity contribution >= 4 is 27.2 Å². The van der Waals surface area contributed by atoms with Crippen molar-refractivity contribution in [2.24, 2.45) is 0 Å². The lowest BCUT2D eigenvalue weighted by Gasteiger charge is -2.30. The van der Waals surface area contributed by atoms with Crippen molar-refractivity contribution in [3.8, 4) is 0 Å². The number of anilines is 1. The van der Waals surface area contributed by atoms with Gasteiger partial charge in [-0.25, -0.2) is 8.42 Å². The van der Waals surface area contributed by atoms with E-state index in [1.807, 2.05) is 0 Å². The van der Waals surface area contributed by atoms with Crippen LogP contribution in [0.1, 0.15) is 31.1 Å². The third-order valence-electron chi connectivity index (χ3n) is 3.14. The molecule has 96 valence electrons. The number of sulfone groups is 1. The van der Waals surface area contributed by atoms with E-state index in [-0.39, 0.29) is 16.4 Å². The van der Waals surface area contributed by atoms with Crippen molar-refractivity contribution in [2.45, 2.75) is 30.4 Å². The fourth-order valence-electron chi connectivity index (χ4n) is 1.75. The molecule has 1 aromatic carbocycles. The van der Waals surface area contributed by atoms with Gasteiger partial charge in [0.15, 0.2) is 15.6 Å². The van der Waals surface area contributed by atoms with Gasteiger partial charge in [0.25, 0.3) is 0 Å². The highest BCUT2D eigenvalue weighted by Crippen LogP contribution is 2.36. The number of amides is 1. The summed E-state index contributed by atoms with van der Waals surface area (Å²) in [5.74, 6) is -0.773. The molecule has 6 heteroatoms. The number of hydrogen-bond acceptors (Lipinski definition) is 4. The lowest BCUT2D eigenvalue weighted by Crippen LogP contribution is -2.48. The molecule has 0 aliphatic carbocycles. The molecule has 1 aliphatic rings. The molecule has 0 saturated carbocycles. The third kappa shape index (κ3) is 1.56. The molecule has 1 N–H and O–H groups in total. The minimum Gasteiger partial charge on any atom is -0.324 e. The third-order valence-corrected chi connectivity index (χ3v) is 5.61. The molecule has 18 heavy (non-hydrogen) atoms. The van der Waals surface area contributed by atoms with E-state index in [2.05, 4.69) is 5.32 Å². The normalized spacial score (nSPS) is 19.8. The molecule has 0 bridgehead atoms. The minimum atomic E-state index is -3.74. The van der Waals surface area contributed by atoms with Gasteiger partial charge in [-0.15, -0.1) is 0 Å². The zero-order valence-electron chi connectivity index (χ0n) is 10.3. The van der Waals surface area contributed by atoms with Crippen LogP contribution in [0.4, 0.5) is 5.69 Å². The van der Waals surface area contributed by atoms with E-state index in [9.17, 15) is 18.0 Å². The van der Waals surface area contributed by atoms with Gasteiger partial charge in [0.2, 0.25) is 5.91 Å². The van der Waals surface area contributed by atoms with Crippen LogP contribution in [-0.4, -0.2) is 24.9 Å². The van der Waals surface area contributed by atoms with E-state index in [0.29, 0.717) is 5.56 Å². The Morgan fingerprint density at radius 3 is 2.44 bits per heavy atom. The summed E-state index contributed by atoms with van der Waals surface area (Å²) in [4.78, 5) is 23.1. The smallest absolute Gasteiger partial charge is 0.245 e. The van der Waals surface area contributed by atoms with Crippen LogP contribution in [0.25, 0.3) is 0 Å². The van der Waals surface area contributed by atoms with Crippen molar-refractivity contribution in [1.29, 1.82) is 0 Å². The number of nitrogens with one attached hydrogen (secondary N) is 1. The molecule has 0 aromatic heterocycles. The molecule has 2 rings (SSSR count). The van der Waals surface area contributed by atoms with Crippen LogP contribution in [0, 0.1) is 0 Å². The van der Waals surface area contributed by atoms with Crippen LogP contribution in [0.3, 0.4) is 0 Å². The second-order valence-electron chi connectivity index (χ2n) is 4.73. The molecule has 0 radical (unpaired) electrons. The van der Waals surface area contributed by atoms with Gasteiger partial charge >= 0.3 is 0 Å². The van der Waals surface area contributed by atoms with Crippen LogP contribution >= 0.6 is 0 Å². The highest BCUT2D eigenvalue weighted by Gasteiger charge is 2.47. The standard InChI is InChI=1S/C12H13NO4S/c1-7(14)8-4-5-10-9(6-8)13-11(15)12(2,3)18(10,16)17/h4-6H,1-3H3,(H,13,15). The van der Waals surface area contributed by atoms with Crippen LogP contribution in [0.15, 0.2) is 23.1 Å². The van der Waals surface area contributed by atoms with Crippen molar-refractivity contribution < 1.29 is 18.0 Å². The minimum absolute atomic E-state index is 0.0529. The van der Waals surface area contributed by atoms with Crippen LogP contribution in [0.2, 0.25) is 0 Å². The number of Topliss-reactive ketones (excluding diaryl/α,β-unsaturated/α-hetero) is 1. The summed E-state index contributed by atoms with van der Waals surface area (Å²) in [5, 5.41) is 2.53. The summed E-state index contributed by atoms with van der Waals surface area (Å²) in [6.07, 6.45) is 0. The van der Waals surface area contributed by atoms with Crippen molar-refractivity contribution in [3.05, 3.63) is 23.8 Å². The maximum atomic E-state index is 12.3.